The number of ether oxygens (including phenoxy) is 1. The number of halogens is 1. The van der Waals surface area contributed by atoms with E-state index in [1.165, 1.54) is 16.2 Å². The summed E-state index contributed by atoms with van der Waals surface area (Å²) in [5.74, 6) is -1.36. The number of thiazole rings is 1. The third kappa shape index (κ3) is 3.76. The minimum Gasteiger partial charge on any atom is -0.481 e. The molecule has 1 aromatic heterocycles. The molecule has 0 radical (unpaired) electrons. The minimum absolute atomic E-state index is 0.0524. The predicted octanol–water partition coefficient (Wildman–Crippen LogP) is 5.81. The molecule has 0 aliphatic heterocycles. The summed E-state index contributed by atoms with van der Waals surface area (Å²) in [6.45, 7) is 0.192. The van der Waals surface area contributed by atoms with Crippen molar-refractivity contribution in [3.63, 3.8) is 0 Å². The van der Waals surface area contributed by atoms with Crippen molar-refractivity contribution in [1.29, 1.82) is 0 Å². The summed E-state index contributed by atoms with van der Waals surface area (Å²) in [6.07, 6.45) is 0.954. The Morgan fingerprint density at radius 1 is 1.09 bits per heavy atom. The van der Waals surface area contributed by atoms with E-state index in [2.05, 4.69) is 29.2 Å². The second-order valence-electron chi connectivity index (χ2n) is 8.13. The first-order valence-electron chi connectivity index (χ1n) is 10.5. The molecule has 0 bridgehead atoms. The quantitative estimate of drug-likeness (QED) is 0.511. The largest absolute Gasteiger partial charge is 0.481 e. The van der Waals surface area contributed by atoms with Crippen LogP contribution in [0.1, 0.15) is 36.3 Å². The lowest BCUT2D eigenvalue weighted by Gasteiger charge is -2.26. The van der Waals surface area contributed by atoms with Gasteiger partial charge in [0.1, 0.15) is 11.8 Å². The normalized spacial score (nSPS) is 19.4. The average Bonchev–Trinajstić information content (AvgIpc) is 3.51. The van der Waals surface area contributed by atoms with Crippen molar-refractivity contribution in [2.75, 3.05) is 11.5 Å². The van der Waals surface area contributed by atoms with E-state index in [0.29, 0.717) is 29.5 Å². The Balaban J connectivity index is 1.38. The summed E-state index contributed by atoms with van der Waals surface area (Å²) in [4.78, 5) is 30.5. The van der Waals surface area contributed by atoms with Gasteiger partial charge in [0.15, 0.2) is 5.13 Å². The molecule has 8 heteroatoms. The molecule has 1 fully saturated rings. The van der Waals surface area contributed by atoms with E-state index in [1.807, 2.05) is 24.3 Å². The lowest BCUT2D eigenvalue weighted by Crippen LogP contribution is -2.40. The van der Waals surface area contributed by atoms with Gasteiger partial charge in [-0.15, -0.1) is 11.3 Å². The number of aliphatic carboxylic acids is 1. The molecule has 3 aromatic rings. The third-order valence-corrected chi connectivity index (χ3v) is 7.49. The van der Waals surface area contributed by atoms with Crippen LogP contribution in [0.3, 0.4) is 0 Å². The SMILES string of the molecule is O=C(O)[C@H]1CC[C@@H](N(C(=O)OCC2c3ccccc3-c3ccccc32)c2nc(Cl)cs2)C1. The molecule has 1 saturated carbocycles. The first kappa shape index (κ1) is 21.0. The van der Waals surface area contributed by atoms with Crippen molar-refractivity contribution in [2.45, 2.75) is 31.2 Å². The second-order valence-corrected chi connectivity index (χ2v) is 9.35. The molecule has 0 spiro atoms. The number of amides is 1. The molecule has 6 nitrogen and oxygen atoms in total. The zero-order valence-electron chi connectivity index (χ0n) is 17.1. The lowest BCUT2D eigenvalue weighted by molar-refractivity contribution is -0.141. The first-order chi connectivity index (χ1) is 15.5. The topological polar surface area (TPSA) is 79.7 Å². The number of carboxylic acids is 1. The van der Waals surface area contributed by atoms with Crippen LogP contribution in [0.25, 0.3) is 11.1 Å². The van der Waals surface area contributed by atoms with E-state index < -0.39 is 18.0 Å². The van der Waals surface area contributed by atoms with Gasteiger partial charge in [-0.25, -0.2) is 14.7 Å². The highest BCUT2D eigenvalue weighted by Crippen LogP contribution is 2.44. The Labute approximate surface area is 194 Å². The number of aromatic nitrogens is 1. The number of fused-ring (bicyclic) bond motifs is 3. The monoisotopic (exact) mass is 468 g/mol. The minimum atomic E-state index is -0.836. The molecule has 2 aliphatic rings. The number of carboxylic acid groups (broad SMARTS) is 1. The molecule has 32 heavy (non-hydrogen) atoms. The number of hydrogen-bond acceptors (Lipinski definition) is 5. The molecule has 164 valence electrons. The molecule has 1 N–H and O–H groups in total. The van der Waals surface area contributed by atoms with Gasteiger partial charge < -0.3 is 9.84 Å². The molecule has 5 rings (SSSR count). The Morgan fingerprint density at radius 3 is 2.31 bits per heavy atom. The van der Waals surface area contributed by atoms with Crippen molar-refractivity contribution >= 4 is 40.1 Å². The van der Waals surface area contributed by atoms with Gasteiger partial charge in [0.2, 0.25) is 0 Å². The maximum Gasteiger partial charge on any atom is 0.416 e. The average molecular weight is 469 g/mol. The van der Waals surface area contributed by atoms with E-state index in [1.54, 1.807) is 5.38 Å². The number of hydrogen-bond donors (Lipinski definition) is 1. The van der Waals surface area contributed by atoms with Gasteiger partial charge in [-0.05, 0) is 41.5 Å². The molecule has 0 unspecified atom stereocenters. The van der Waals surface area contributed by atoms with Crippen molar-refractivity contribution in [1.82, 2.24) is 4.98 Å². The van der Waals surface area contributed by atoms with E-state index >= 15 is 0 Å². The number of nitrogens with zero attached hydrogens (tertiary/aromatic N) is 2. The molecule has 0 saturated heterocycles. The zero-order valence-corrected chi connectivity index (χ0v) is 18.7. The van der Waals surface area contributed by atoms with Crippen LogP contribution in [0, 0.1) is 5.92 Å². The van der Waals surface area contributed by atoms with Crippen LogP contribution in [-0.4, -0.2) is 34.8 Å². The van der Waals surface area contributed by atoms with Crippen molar-refractivity contribution in [3.05, 3.63) is 70.2 Å². The van der Waals surface area contributed by atoms with Crippen LogP contribution >= 0.6 is 22.9 Å². The highest BCUT2D eigenvalue weighted by molar-refractivity contribution is 7.14. The third-order valence-electron chi connectivity index (χ3n) is 6.32. The number of carbonyl (C=O) groups excluding carboxylic acids is 1. The fourth-order valence-corrected chi connectivity index (χ4v) is 5.83. The number of rotatable bonds is 5. The molecular weight excluding hydrogens is 448 g/mol. The van der Waals surface area contributed by atoms with Crippen LogP contribution in [-0.2, 0) is 9.53 Å². The van der Waals surface area contributed by atoms with E-state index in [-0.39, 0.29) is 18.6 Å². The highest BCUT2D eigenvalue weighted by atomic mass is 35.5. The molecule has 1 heterocycles. The van der Waals surface area contributed by atoms with Crippen molar-refractivity contribution < 1.29 is 19.4 Å². The summed E-state index contributed by atoms with van der Waals surface area (Å²) in [6, 6.07) is 16.0. The Hall–Kier alpha value is -2.90. The van der Waals surface area contributed by atoms with Crippen LogP contribution in [0.4, 0.5) is 9.93 Å². The van der Waals surface area contributed by atoms with Gasteiger partial charge in [-0.2, -0.15) is 0 Å². The highest BCUT2D eigenvalue weighted by Gasteiger charge is 2.38. The van der Waals surface area contributed by atoms with Crippen LogP contribution in [0.2, 0.25) is 5.15 Å². The molecule has 2 atom stereocenters. The van der Waals surface area contributed by atoms with Gasteiger partial charge in [-0.1, -0.05) is 60.1 Å². The van der Waals surface area contributed by atoms with Crippen molar-refractivity contribution in [2.24, 2.45) is 5.92 Å². The number of benzene rings is 2. The zero-order chi connectivity index (χ0) is 22.2. The summed E-state index contributed by atoms with van der Waals surface area (Å²) in [7, 11) is 0. The van der Waals surface area contributed by atoms with Gasteiger partial charge >= 0.3 is 12.1 Å². The van der Waals surface area contributed by atoms with Crippen LogP contribution in [0.5, 0.6) is 0 Å². The predicted molar refractivity (Wildman–Crippen MR) is 123 cm³/mol. The molecule has 1 amide bonds. The molecule has 2 aromatic carbocycles. The number of anilines is 1. The van der Waals surface area contributed by atoms with Crippen molar-refractivity contribution in [3.8, 4) is 11.1 Å². The summed E-state index contributed by atoms with van der Waals surface area (Å²) < 4.78 is 5.84. The smallest absolute Gasteiger partial charge is 0.416 e. The van der Waals surface area contributed by atoms with Gasteiger partial charge in [0, 0.05) is 17.3 Å². The number of carbonyl (C=O) groups is 2. The first-order valence-corrected chi connectivity index (χ1v) is 11.8. The molecular formula is C24H21ClN2O4S. The Morgan fingerprint density at radius 2 is 1.75 bits per heavy atom. The fourth-order valence-electron chi connectivity index (χ4n) is 4.82. The summed E-state index contributed by atoms with van der Waals surface area (Å²) >= 11 is 7.27. The maximum absolute atomic E-state index is 13.3. The van der Waals surface area contributed by atoms with Crippen LogP contribution < -0.4 is 4.90 Å². The van der Waals surface area contributed by atoms with E-state index in [4.69, 9.17) is 16.3 Å². The van der Waals surface area contributed by atoms with Gasteiger partial charge in [0.05, 0.1) is 5.92 Å². The maximum atomic E-state index is 13.3. The van der Waals surface area contributed by atoms with Gasteiger partial charge in [-0.3, -0.25) is 4.79 Å². The summed E-state index contributed by atoms with van der Waals surface area (Å²) in [5, 5.41) is 11.8. The standard InChI is InChI=1S/C24H21ClN2O4S/c25-21-13-32-23(26-21)27(15-10-9-14(11-15)22(28)29)24(30)31-12-20-18-7-3-1-5-16(18)17-6-2-4-8-19(17)20/h1-8,13-15,20H,9-12H2,(H,28,29)/t14-,15+/m0/s1. The van der Waals surface area contributed by atoms with Crippen LogP contribution in [0.15, 0.2) is 53.9 Å². The second kappa shape index (κ2) is 8.56. The lowest BCUT2D eigenvalue weighted by atomic mass is 9.98. The Kier molecular flexibility index (Phi) is 5.61. The molecule has 2 aliphatic carbocycles. The van der Waals surface area contributed by atoms with E-state index in [0.717, 1.165) is 22.3 Å². The fraction of sp³-hybridized carbons (Fsp3) is 0.292. The Bertz CT molecular complexity index is 1130. The van der Waals surface area contributed by atoms with E-state index in [9.17, 15) is 14.7 Å². The van der Waals surface area contributed by atoms with Gasteiger partial charge in [0.25, 0.3) is 0 Å². The summed E-state index contributed by atoms with van der Waals surface area (Å²) in [5.41, 5.74) is 4.59.